The van der Waals surface area contributed by atoms with Gasteiger partial charge in [-0.3, -0.25) is 4.31 Å². The van der Waals surface area contributed by atoms with E-state index in [1.807, 2.05) is 0 Å². The fourth-order valence-corrected chi connectivity index (χ4v) is 4.30. The molecule has 1 aromatic heterocycles. The normalized spacial score (nSPS) is 14.4. The van der Waals surface area contributed by atoms with Gasteiger partial charge < -0.3 is 14.8 Å². The summed E-state index contributed by atoms with van der Waals surface area (Å²) < 4.78 is 32.3. The van der Waals surface area contributed by atoms with Crippen LogP contribution in [0.25, 0.3) is 0 Å². The molecule has 2 N–H and O–H groups in total. The summed E-state index contributed by atoms with van der Waals surface area (Å²) in [4.78, 5) is 13.3. The zero-order chi connectivity index (χ0) is 16.6. The summed E-state index contributed by atoms with van der Waals surface area (Å²) in [6.07, 6.45) is 2.61. The number of aromatic carboxylic acids is 1. The number of carbonyl (C=O) groups is 1. The number of hydrogen-bond donors (Lipinski definition) is 2. The molecule has 0 radical (unpaired) electrons. The van der Waals surface area contributed by atoms with Crippen LogP contribution in [0.3, 0.4) is 0 Å². The summed E-state index contributed by atoms with van der Waals surface area (Å²) in [5.41, 5.74) is 1.26. The number of hydrogen-bond acceptors (Lipinski definition) is 4. The third kappa shape index (κ3) is 2.55. The van der Waals surface area contributed by atoms with E-state index < -0.39 is 16.0 Å². The molecule has 0 saturated carbocycles. The predicted octanol–water partition coefficient (Wildman–Crippen LogP) is 1.86. The molecule has 7 nitrogen and oxygen atoms in total. The number of carboxylic acid groups (broad SMARTS) is 1. The second kappa shape index (κ2) is 5.62. The number of methoxy groups -OCH3 is 1. The van der Waals surface area contributed by atoms with Crippen molar-refractivity contribution in [2.45, 2.75) is 17.7 Å². The molecule has 1 aliphatic rings. The van der Waals surface area contributed by atoms with Gasteiger partial charge in [-0.05, 0) is 31.0 Å². The van der Waals surface area contributed by atoms with Crippen molar-refractivity contribution in [3.8, 4) is 5.75 Å². The lowest BCUT2D eigenvalue weighted by Crippen LogP contribution is -2.35. The molecule has 1 aliphatic heterocycles. The van der Waals surface area contributed by atoms with E-state index in [2.05, 4.69) is 4.98 Å². The lowest BCUT2D eigenvalue weighted by atomic mass is 10.0. The van der Waals surface area contributed by atoms with Crippen molar-refractivity contribution in [1.82, 2.24) is 4.98 Å². The van der Waals surface area contributed by atoms with E-state index in [4.69, 9.17) is 9.84 Å². The number of rotatable bonds is 4. The monoisotopic (exact) mass is 336 g/mol. The molecule has 2 heterocycles. The molecule has 2 aromatic rings. The molecular weight excluding hydrogens is 320 g/mol. The number of aromatic amines is 1. The molecule has 0 spiro atoms. The number of fused-ring (bicyclic) bond motifs is 1. The van der Waals surface area contributed by atoms with Gasteiger partial charge in [0.2, 0.25) is 0 Å². The Morgan fingerprint density at radius 1 is 1.39 bits per heavy atom. The van der Waals surface area contributed by atoms with Gasteiger partial charge in [0.25, 0.3) is 10.0 Å². The van der Waals surface area contributed by atoms with E-state index in [0.717, 1.165) is 18.1 Å². The molecule has 3 rings (SSSR count). The number of carboxylic acids is 1. The summed E-state index contributed by atoms with van der Waals surface area (Å²) in [6, 6.07) is 6.41. The van der Waals surface area contributed by atoms with E-state index in [1.165, 1.54) is 10.5 Å². The van der Waals surface area contributed by atoms with Crippen molar-refractivity contribution in [1.29, 1.82) is 0 Å². The molecular formula is C15H16N2O5S. The first-order valence-electron chi connectivity index (χ1n) is 7.05. The second-order valence-electron chi connectivity index (χ2n) is 5.19. The number of nitrogens with one attached hydrogen (secondary N) is 1. The molecule has 0 amide bonds. The minimum atomic E-state index is -3.83. The Balaban J connectivity index is 2.07. The molecule has 122 valence electrons. The Morgan fingerprint density at radius 2 is 2.17 bits per heavy atom. The maximum absolute atomic E-state index is 12.9. The van der Waals surface area contributed by atoms with E-state index in [1.54, 1.807) is 25.3 Å². The Labute approximate surface area is 133 Å². The summed E-state index contributed by atoms with van der Waals surface area (Å²) in [5, 5.41) is 8.94. The van der Waals surface area contributed by atoms with Crippen LogP contribution in [0.5, 0.6) is 5.75 Å². The first kappa shape index (κ1) is 15.4. The van der Waals surface area contributed by atoms with Crippen LogP contribution in [-0.2, 0) is 16.4 Å². The molecule has 0 saturated heterocycles. The summed E-state index contributed by atoms with van der Waals surface area (Å²) in [6.45, 7) is 0.343. The quantitative estimate of drug-likeness (QED) is 0.888. The van der Waals surface area contributed by atoms with Crippen molar-refractivity contribution < 1.29 is 23.1 Å². The van der Waals surface area contributed by atoms with Crippen molar-refractivity contribution >= 4 is 21.7 Å². The second-order valence-corrected chi connectivity index (χ2v) is 7.06. The molecule has 0 fully saturated rings. The average molecular weight is 336 g/mol. The van der Waals surface area contributed by atoms with E-state index in [9.17, 15) is 13.2 Å². The first-order valence-corrected chi connectivity index (χ1v) is 8.49. The Bertz CT molecular complexity index is 857. The van der Waals surface area contributed by atoms with Crippen molar-refractivity contribution in [3.63, 3.8) is 0 Å². The van der Waals surface area contributed by atoms with Crippen LogP contribution in [0.15, 0.2) is 35.4 Å². The van der Waals surface area contributed by atoms with Crippen molar-refractivity contribution in [2.24, 2.45) is 0 Å². The van der Waals surface area contributed by atoms with Gasteiger partial charge in [0.05, 0.1) is 12.8 Å². The lowest BCUT2D eigenvalue weighted by molar-refractivity contribution is 0.0691. The van der Waals surface area contributed by atoms with Crippen LogP contribution in [-0.4, -0.2) is 38.1 Å². The van der Waals surface area contributed by atoms with Gasteiger partial charge in [0, 0.05) is 18.3 Å². The fourth-order valence-electron chi connectivity index (χ4n) is 2.77. The Kier molecular flexibility index (Phi) is 3.77. The number of aromatic nitrogens is 1. The number of H-pyrrole nitrogens is 1. The van der Waals surface area contributed by atoms with E-state index in [0.29, 0.717) is 24.4 Å². The van der Waals surface area contributed by atoms with E-state index in [-0.39, 0.29) is 10.6 Å². The number of benzene rings is 1. The zero-order valence-corrected chi connectivity index (χ0v) is 13.3. The van der Waals surface area contributed by atoms with Crippen LogP contribution >= 0.6 is 0 Å². The van der Waals surface area contributed by atoms with E-state index >= 15 is 0 Å². The fraction of sp³-hybridized carbons (Fsp3) is 0.267. The third-order valence-corrected chi connectivity index (χ3v) is 5.65. The summed E-state index contributed by atoms with van der Waals surface area (Å²) in [7, 11) is -2.28. The van der Waals surface area contributed by atoms with Crippen LogP contribution in [0, 0.1) is 0 Å². The zero-order valence-electron chi connectivity index (χ0n) is 12.4. The summed E-state index contributed by atoms with van der Waals surface area (Å²) >= 11 is 0. The Hall–Kier alpha value is -2.48. The lowest BCUT2D eigenvalue weighted by Gasteiger charge is -2.30. The summed E-state index contributed by atoms with van der Waals surface area (Å²) in [5.74, 6) is -0.546. The van der Waals surface area contributed by atoms with Crippen LogP contribution in [0.1, 0.15) is 22.5 Å². The van der Waals surface area contributed by atoms with Gasteiger partial charge in [0.1, 0.15) is 16.3 Å². The molecule has 0 unspecified atom stereocenters. The molecule has 0 bridgehead atoms. The highest BCUT2D eigenvalue weighted by Gasteiger charge is 2.31. The van der Waals surface area contributed by atoms with Gasteiger partial charge in [-0.1, -0.05) is 6.07 Å². The third-order valence-electron chi connectivity index (χ3n) is 3.86. The van der Waals surface area contributed by atoms with Crippen molar-refractivity contribution in [2.75, 3.05) is 18.0 Å². The molecule has 1 aromatic carbocycles. The van der Waals surface area contributed by atoms with Gasteiger partial charge >= 0.3 is 5.97 Å². The SMILES string of the molecule is COc1cccc2c1CCCN2S(=O)(=O)c1c[nH]c(C(=O)O)c1. The molecule has 0 aliphatic carbocycles. The largest absolute Gasteiger partial charge is 0.496 e. The van der Waals surface area contributed by atoms with Gasteiger partial charge in [-0.2, -0.15) is 0 Å². The predicted molar refractivity (Wildman–Crippen MR) is 83.6 cm³/mol. The number of ether oxygens (including phenoxy) is 1. The minimum absolute atomic E-state index is 0.0643. The number of nitrogens with zero attached hydrogens (tertiary/aromatic N) is 1. The molecule has 0 atom stereocenters. The topological polar surface area (TPSA) is 99.7 Å². The van der Waals surface area contributed by atoms with Crippen LogP contribution in [0.4, 0.5) is 5.69 Å². The van der Waals surface area contributed by atoms with Gasteiger partial charge in [-0.15, -0.1) is 0 Å². The highest BCUT2D eigenvalue weighted by Crippen LogP contribution is 2.37. The highest BCUT2D eigenvalue weighted by molar-refractivity contribution is 7.92. The smallest absolute Gasteiger partial charge is 0.352 e. The van der Waals surface area contributed by atoms with Crippen molar-refractivity contribution in [3.05, 3.63) is 41.7 Å². The average Bonchev–Trinajstić information content (AvgIpc) is 3.04. The maximum atomic E-state index is 12.9. The molecule has 8 heteroatoms. The Morgan fingerprint density at radius 3 is 2.83 bits per heavy atom. The van der Waals surface area contributed by atoms with Gasteiger partial charge in [0.15, 0.2) is 0 Å². The standard InChI is InChI=1S/C15H16N2O5S/c1-22-14-6-2-5-13-11(14)4-3-7-17(13)23(20,21)10-8-12(15(18)19)16-9-10/h2,5-6,8-9,16H,3-4,7H2,1H3,(H,18,19). The van der Waals surface area contributed by atoms with Crippen LogP contribution < -0.4 is 9.04 Å². The van der Waals surface area contributed by atoms with Crippen LogP contribution in [0.2, 0.25) is 0 Å². The number of sulfonamides is 1. The first-order chi connectivity index (χ1) is 10.9. The molecule has 23 heavy (non-hydrogen) atoms. The number of anilines is 1. The highest BCUT2D eigenvalue weighted by atomic mass is 32.2. The minimum Gasteiger partial charge on any atom is -0.496 e. The van der Waals surface area contributed by atoms with Gasteiger partial charge in [-0.25, -0.2) is 13.2 Å². The maximum Gasteiger partial charge on any atom is 0.352 e.